The molecule has 25 heavy (non-hydrogen) atoms. The number of aliphatic imine (C=N–C) groups is 1. The Labute approximate surface area is 147 Å². The Bertz CT molecular complexity index is 836. The summed E-state index contributed by atoms with van der Waals surface area (Å²) in [4.78, 5) is 35.6. The highest BCUT2D eigenvalue weighted by atomic mass is 16.2. The van der Waals surface area contributed by atoms with Crippen molar-refractivity contribution in [3.05, 3.63) is 59.9 Å². The Morgan fingerprint density at radius 2 is 1.84 bits per heavy atom. The lowest BCUT2D eigenvalue weighted by molar-refractivity contribution is -0.127. The van der Waals surface area contributed by atoms with Gasteiger partial charge in [0.15, 0.2) is 5.78 Å². The van der Waals surface area contributed by atoms with Crippen LogP contribution in [0.15, 0.2) is 53.7 Å². The topological polar surface area (TPSA) is 62.6 Å². The lowest BCUT2D eigenvalue weighted by Crippen LogP contribution is -2.40. The Balaban J connectivity index is 2.06. The fraction of sp³-hybridized carbons (Fsp3) is 0.300. The summed E-state index contributed by atoms with van der Waals surface area (Å²) in [5.74, 6) is -0.173. The fourth-order valence-electron chi connectivity index (χ4n) is 2.64. The van der Waals surface area contributed by atoms with E-state index >= 15 is 0 Å². The van der Waals surface area contributed by atoms with Gasteiger partial charge >= 0.3 is 0 Å². The van der Waals surface area contributed by atoms with Gasteiger partial charge in [0, 0.05) is 17.2 Å². The Morgan fingerprint density at radius 1 is 1.12 bits per heavy atom. The molecular formula is C20H21N3O2. The van der Waals surface area contributed by atoms with E-state index < -0.39 is 5.41 Å². The van der Waals surface area contributed by atoms with E-state index in [9.17, 15) is 9.59 Å². The zero-order chi connectivity index (χ0) is 18.0. The molecule has 0 bridgehead atoms. The number of carbonyl (C=O) groups is 2. The zero-order valence-electron chi connectivity index (χ0n) is 14.7. The number of fused-ring (bicyclic) bond motifs is 1. The van der Waals surface area contributed by atoms with Gasteiger partial charge < -0.3 is 4.90 Å². The van der Waals surface area contributed by atoms with Gasteiger partial charge in [-0.25, -0.2) is 0 Å². The third kappa shape index (κ3) is 3.50. The predicted octanol–water partition coefficient (Wildman–Crippen LogP) is 2.88. The third-order valence-electron chi connectivity index (χ3n) is 4.17. The van der Waals surface area contributed by atoms with E-state index in [1.54, 1.807) is 11.1 Å². The number of nitrogens with zero attached hydrogens (tertiary/aromatic N) is 3. The molecule has 1 aliphatic heterocycles. The van der Waals surface area contributed by atoms with Crippen LogP contribution in [0.3, 0.4) is 0 Å². The van der Waals surface area contributed by atoms with Crippen molar-refractivity contribution in [1.29, 1.82) is 0 Å². The van der Waals surface area contributed by atoms with Gasteiger partial charge in [-0.05, 0) is 18.2 Å². The van der Waals surface area contributed by atoms with Gasteiger partial charge in [-0.2, -0.15) is 0 Å². The minimum absolute atomic E-state index is 0.00197. The number of benzene rings is 1. The van der Waals surface area contributed by atoms with Crippen molar-refractivity contribution in [2.24, 2.45) is 10.4 Å². The number of rotatable bonds is 3. The van der Waals surface area contributed by atoms with E-state index in [1.165, 1.54) is 0 Å². The largest absolute Gasteiger partial charge is 0.303 e. The number of benzodiazepines with no additional fused rings is 1. The van der Waals surface area contributed by atoms with E-state index in [0.717, 1.165) is 5.56 Å². The molecule has 3 rings (SSSR count). The van der Waals surface area contributed by atoms with Crippen molar-refractivity contribution < 1.29 is 9.59 Å². The van der Waals surface area contributed by atoms with Crippen molar-refractivity contribution in [2.75, 3.05) is 18.0 Å². The molecule has 5 nitrogen and oxygen atoms in total. The SMILES string of the molecule is CC(C)(C)C(=O)CN1C(=O)CN=C(c2ccccn2)c2ccccc21. The quantitative estimate of drug-likeness (QED) is 0.866. The van der Waals surface area contributed by atoms with Gasteiger partial charge in [0.25, 0.3) is 0 Å². The number of hydrogen-bond acceptors (Lipinski definition) is 4. The maximum absolute atomic E-state index is 12.7. The number of anilines is 1. The van der Waals surface area contributed by atoms with Crippen LogP contribution in [0.1, 0.15) is 32.0 Å². The van der Waals surface area contributed by atoms with Gasteiger partial charge in [-0.3, -0.25) is 19.6 Å². The first-order valence-corrected chi connectivity index (χ1v) is 8.27. The molecule has 0 radical (unpaired) electrons. The summed E-state index contributed by atoms with van der Waals surface area (Å²) in [6, 6.07) is 13.1. The molecule has 0 saturated carbocycles. The molecule has 1 amide bonds. The number of hydrogen-bond donors (Lipinski definition) is 0. The van der Waals surface area contributed by atoms with Crippen LogP contribution in [0.5, 0.6) is 0 Å². The standard InChI is InChI=1S/C20H21N3O2/c1-20(2,3)17(24)13-23-16-10-5-4-8-14(16)19(22-12-18(23)25)15-9-6-7-11-21-15/h4-11H,12-13H2,1-3H3. The summed E-state index contributed by atoms with van der Waals surface area (Å²) in [6.45, 7) is 5.63. The van der Waals surface area contributed by atoms with Gasteiger partial charge in [0.1, 0.15) is 6.54 Å². The second-order valence-corrected chi connectivity index (χ2v) is 7.05. The maximum Gasteiger partial charge on any atom is 0.249 e. The minimum Gasteiger partial charge on any atom is -0.303 e. The van der Waals surface area contributed by atoms with Crippen LogP contribution >= 0.6 is 0 Å². The number of Topliss-reactive ketones (excluding diaryl/α,β-unsaturated/α-hetero) is 1. The first-order valence-electron chi connectivity index (χ1n) is 8.27. The number of aromatic nitrogens is 1. The summed E-state index contributed by atoms with van der Waals surface area (Å²) in [5.41, 5.74) is 2.40. The van der Waals surface area contributed by atoms with Crippen LogP contribution in [0.2, 0.25) is 0 Å². The molecule has 0 atom stereocenters. The zero-order valence-corrected chi connectivity index (χ0v) is 14.7. The average molecular weight is 335 g/mol. The Morgan fingerprint density at radius 3 is 2.52 bits per heavy atom. The van der Waals surface area contributed by atoms with Crippen molar-refractivity contribution in [3.63, 3.8) is 0 Å². The number of carbonyl (C=O) groups excluding carboxylic acids is 2. The van der Waals surface area contributed by atoms with Crippen molar-refractivity contribution in [3.8, 4) is 0 Å². The number of amides is 1. The molecule has 128 valence electrons. The molecule has 0 unspecified atom stereocenters. The Kier molecular flexibility index (Phi) is 4.49. The molecule has 5 heteroatoms. The van der Waals surface area contributed by atoms with E-state index in [0.29, 0.717) is 17.1 Å². The first-order chi connectivity index (χ1) is 11.9. The molecular weight excluding hydrogens is 314 g/mol. The molecule has 0 spiro atoms. The molecule has 0 N–H and O–H groups in total. The van der Waals surface area contributed by atoms with Crippen molar-refractivity contribution in [1.82, 2.24) is 4.98 Å². The highest BCUT2D eigenvalue weighted by Gasteiger charge is 2.30. The average Bonchev–Trinajstić information content (AvgIpc) is 2.73. The van der Waals surface area contributed by atoms with Crippen LogP contribution in [-0.2, 0) is 9.59 Å². The van der Waals surface area contributed by atoms with Crippen molar-refractivity contribution in [2.45, 2.75) is 20.8 Å². The highest BCUT2D eigenvalue weighted by molar-refractivity contribution is 6.19. The fourth-order valence-corrected chi connectivity index (χ4v) is 2.64. The normalized spacial score (nSPS) is 14.6. The molecule has 0 aliphatic carbocycles. The number of pyridine rings is 1. The number of para-hydroxylation sites is 1. The minimum atomic E-state index is -0.508. The van der Waals surface area contributed by atoms with Crippen LogP contribution < -0.4 is 4.90 Å². The summed E-state index contributed by atoms with van der Waals surface area (Å²) in [6.07, 6.45) is 1.70. The summed E-state index contributed by atoms with van der Waals surface area (Å²) in [7, 11) is 0. The second-order valence-electron chi connectivity index (χ2n) is 7.05. The predicted molar refractivity (Wildman–Crippen MR) is 98.0 cm³/mol. The summed E-state index contributed by atoms with van der Waals surface area (Å²) >= 11 is 0. The van der Waals surface area contributed by atoms with Crippen LogP contribution in [0.25, 0.3) is 0 Å². The van der Waals surface area contributed by atoms with Crippen molar-refractivity contribution >= 4 is 23.1 Å². The van der Waals surface area contributed by atoms with Crippen LogP contribution in [0.4, 0.5) is 5.69 Å². The highest BCUT2D eigenvalue weighted by Crippen LogP contribution is 2.27. The monoisotopic (exact) mass is 335 g/mol. The van der Waals surface area contributed by atoms with E-state index in [-0.39, 0.29) is 24.8 Å². The van der Waals surface area contributed by atoms with Crippen LogP contribution in [0, 0.1) is 5.41 Å². The summed E-state index contributed by atoms with van der Waals surface area (Å²) in [5, 5.41) is 0. The molecule has 0 fully saturated rings. The van der Waals surface area contributed by atoms with Crippen LogP contribution in [-0.4, -0.2) is 35.5 Å². The molecule has 1 aromatic carbocycles. The van der Waals surface area contributed by atoms with Gasteiger partial charge in [-0.1, -0.05) is 45.0 Å². The smallest absolute Gasteiger partial charge is 0.249 e. The maximum atomic E-state index is 12.7. The molecule has 2 aromatic rings. The van der Waals surface area contributed by atoms with Gasteiger partial charge in [-0.15, -0.1) is 0 Å². The van der Waals surface area contributed by atoms with Gasteiger partial charge in [0.2, 0.25) is 5.91 Å². The molecule has 1 aliphatic rings. The lowest BCUT2D eigenvalue weighted by atomic mass is 9.90. The first kappa shape index (κ1) is 17.0. The second kappa shape index (κ2) is 6.59. The molecule has 2 heterocycles. The molecule has 0 saturated heterocycles. The van der Waals surface area contributed by atoms with E-state index in [2.05, 4.69) is 9.98 Å². The lowest BCUT2D eigenvalue weighted by Gasteiger charge is -2.26. The van der Waals surface area contributed by atoms with Gasteiger partial charge in [0.05, 0.1) is 23.6 Å². The summed E-state index contributed by atoms with van der Waals surface area (Å²) < 4.78 is 0. The molecule has 1 aromatic heterocycles. The number of ketones is 1. The van der Waals surface area contributed by atoms with E-state index in [4.69, 9.17) is 0 Å². The third-order valence-corrected chi connectivity index (χ3v) is 4.17. The Hall–Kier alpha value is -2.82. The van der Waals surface area contributed by atoms with E-state index in [1.807, 2.05) is 63.2 Å².